The molecule has 3 amide bonds. The number of hydrogen-bond donors (Lipinski definition) is 0. The Kier molecular flexibility index (Phi) is 3.71. The molecule has 1 spiro atoms. The van der Waals surface area contributed by atoms with E-state index in [1.54, 1.807) is 10.4 Å². The third kappa shape index (κ3) is 2.55. The lowest BCUT2D eigenvalue weighted by atomic mass is 9.77. The minimum Gasteiger partial charge on any atom is -0.338 e. The number of carbonyl (C=O) groups is 3. The number of rotatable bonds is 3. The highest BCUT2D eigenvalue weighted by Gasteiger charge is 2.53. The predicted octanol–water partition coefficient (Wildman–Crippen LogP) is 1.84. The Balaban J connectivity index is 1.44. The minimum atomic E-state index is -0.564. The molecule has 24 heavy (non-hydrogen) atoms. The second-order valence-electron chi connectivity index (χ2n) is 7.27. The fourth-order valence-electron chi connectivity index (χ4n) is 3.78. The summed E-state index contributed by atoms with van der Waals surface area (Å²) in [7, 11) is 0. The summed E-state index contributed by atoms with van der Waals surface area (Å²) in [6.07, 6.45) is 3.74. The Hall–Kier alpha value is -1.76. The number of hydrogen-bond acceptors (Lipinski definition) is 5. The first-order valence-electron chi connectivity index (χ1n) is 8.54. The molecule has 0 aromatic carbocycles. The molecule has 0 bridgehead atoms. The lowest BCUT2D eigenvalue weighted by Crippen LogP contribution is -2.46. The summed E-state index contributed by atoms with van der Waals surface area (Å²) in [6.45, 7) is 3.51. The van der Waals surface area contributed by atoms with Gasteiger partial charge < -0.3 is 4.90 Å². The number of nitrogens with zero attached hydrogens (tertiary/aromatic N) is 3. The lowest BCUT2D eigenvalue weighted by molar-refractivity contribution is -0.142. The number of aromatic nitrogens is 1. The van der Waals surface area contributed by atoms with Crippen molar-refractivity contribution in [3.05, 3.63) is 16.1 Å². The highest BCUT2D eigenvalue weighted by molar-refractivity contribution is 7.11. The van der Waals surface area contributed by atoms with Gasteiger partial charge in [-0.3, -0.25) is 19.3 Å². The van der Waals surface area contributed by atoms with Crippen LogP contribution in [0.1, 0.15) is 47.5 Å². The van der Waals surface area contributed by atoms with E-state index in [0.717, 1.165) is 18.5 Å². The van der Waals surface area contributed by atoms with Crippen LogP contribution < -0.4 is 0 Å². The molecule has 0 radical (unpaired) electrons. The molecular formula is C17H21N3O3S. The van der Waals surface area contributed by atoms with Crippen molar-refractivity contribution in [2.45, 2.75) is 39.0 Å². The third-order valence-corrected chi connectivity index (χ3v) is 6.49. The molecular weight excluding hydrogens is 326 g/mol. The second kappa shape index (κ2) is 5.65. The molecule has 0 atom stereocenters. The van der Waals surface area contributed by atoms with E-state index in [9.17, 15) is 14.4 Å². The number of carbonyl (C=O) groups excluding carboxylic acids is 3. The van der Waals surface area contributed by atoms with E-state index in [1.165, 1.54) is 16.2 Å². The normalized spacial score (nSPS) is 23.4. The number of thiazole rings is 1. The van der Waals surface area contributed by atoms with Crippen molar-refractivity contribution in [2.24, 2.45) is 11.3 Å². The van der Waals surface area contributed by atoms with Crippen molar-refractivity contribution >= 4 is 29.1 Å². The fraction of sp³-hybridized carbons (Fsp3) is 0.647. The van der Waals surface area contributed by atoms with Gasteiger partial charge in [0.05, 0.1) is 16.6 Å². The molecule has 128 valence electrons. The van der Waals surface area contributed by atoms with Gasteiger partial charge in [0.2, 0.25) is 11.8 Å². The first kappa shape index (κ1) is 15.7. The van der Waals surface area contributed by atoms with Crippen LogP contribution in [-0.4, -0.2) is 52.1 Å². The van der Waals surface area contributed by atoms with E-state index in [0.29, 0.717) is 49.7 Å². The maximum Gasteiger partial charge on any atom is 0.265 e. The Morgan fingerprint density at radius 1 is 1.33 bits per heavy atom. The lowest BCUT2D eigenvalue weighted by Gasteiger charge is -2.37. The van der Waals surface area contributed by atoms with Crippen LogP contribution in [0.3, 0.4) is 0 Å². The van der Waals surface area contributed by atoms with Gasteiger partial charge in [-0.15, -0.1) is 11.3 Å². The molecule has 1 saturated carbocycles. The van der Waals surface area contributed by atoms with Gasteiger partial charge in [0.15, 0.2) is 0 Å². The summed E-state index contributed by atoms with van der Waals surface area (Å²) < 4.78 is 0. The summed E-state index contributed by atoms with van der Waals surface area (Å²) >= 11 is 1.36. The van der Waals surface area contributed by atoms with Gasteiger partial charge in [0.1, 0.15) is 4.88 Å². The smallest absolute Gasteiger partial charge is 0.265 e. The third-order valence-electron chi connectivity index (χ3n) is 5.57. The molecule has 7 heteroatoms. The van der Waals surface area contributed by atoms with Gasteiger partial charge in [-0.2, -0.15) is 0 Å². The summed E-state index contributed by atoms with van der Waals surface area (Å²) in [5, 5.41) is 0. The Morgan fingerprint density at radius 2 is 2.04 bits per heavy atom. The van der Waals surface area contributed by atoms with Crippen molar-refractivity contribution < 1.29 is 14.4 Å². The molecule has 1 aromatic rings. The number of piperidine rings is 1. The van der Waals surface area contributed by atoms with E-state index in [1.807, 2.05) is 6.92 Å². The number of amides is 3. The molecule has 1 aromatic heterocycles. The van der Waals surface area contributed by atoms with Crippen LogP contribution in [0.4, 0.5) is 0 Å². The van der Waals surface area contributed by atoms with Crippen LogP contribution in [0.2, 0.25) is 0 Å². The maximum atomic E-state index is 12.8. The highest BCUT2D eigenvalue weighted by Crippen LogP contribution is 2.44. The van der Waals surface area contributed by atoms with Gasteiger partial charge in [-0.1, -0.05) is 0 Å². The SMILES string of the molecule is Cc1ncsc1C(=O)N1CCC2(CC1)CC(=O)N(CC1CC1)C2=O. The van der Waals surface area contributed by atoms with Crippen molar-refractivity contribution in [1.82, 2.24) is 14.8 Å². The van der Waals surface area contributed by atoms with Crippen LogP contribution in [0.15, 0.2) is 5.51 Å². The molecule has 0 unspecified atom stereocenters. The zero-order chi connectivity index (χ0) is 16.9. The summed E-state index contributed by atoms with van der Waals surface area (Å²) in [6, 6.07) is 0. The van der Waals surface area contributed by atoms with Crippen molar-refractivity contribution in [2.75, 3.05) is 19.6 Å². The summed E-state index contributed by atoms with van der Waals surface area (Å²) in [5.41, 5.74) is 1.88. The largest absolute Gasteiger partial charge is 0.338 e. The van der Waals surface area contributed by atoms with Crippen molar-refractivity contribution in [1.29, 1.82) is 0 Å². The van der Waals surface area contributed by atoms with Crippen LogP contribution in [-0.2, 0) is 9.59 Å². The first-order valence-corrected chi connectivity index (χ1v) is 9.42. The van der Waals surface area contributed by atoms with E-state index < -0.39 is 5.41 Å². The van der Waals surface area contributed by atoms with Crippen LogP contribution in [0, 0.1) is 18.3 Å². The van der Waals surface area contributed by atoms with Gasteiger partial charge in [0, 0.05) is 26.1 Å². The number of imide groups is 1. The highest BCUT2D eigenvalue weighted by atomic mass is 32.1. The van der Waals surface area contributed by atoms with Gasteiger partial charge in [-0.05, 0) is 38.5 Å². The molecule has 0 N–H and O–H groups in total. The Labute approximate surface area is 144 Å². The minimum absolute atomic E-state index is 0.000435. The second-order valence-corrected chi connectivity index (χ2v) is 8.12. The standard InChI is InChI=1S/C17H21N3O3S/c1-11-14(24-10-18-11)15(22)19-6-4-17(5-7-19)8-13(21)20(16(17)23)9-12-2-3-12/h10,12H,2-9H2,1H3. The number of likely N-dealkylation sites (tertiary alicyclic amines) is 2. The molecule has 1 aliphatic carbocycles. The van der Waals surface area contributed by atoms with Gasteiger partial charge in [-0.25, -0.2) is 4.98 Å². The molecule has 6 nitrogen and oxygen atoms in total. The van der Waals surface area contributed by atoms with Crippen LogP contribution >= 0.6 is 11.3 Å². The van der Waals surface area contributed by atoms with Crippen molar-refractivity contribution in [3.63, 3.8) is 0 Å². The topological polar surface area (TPSA) is 70.6 Å². The zero-order valence-corrected chi connectivity index (χ0v) is 14.6. The van der Waals surface area contributed by atoms with Crippen LogP contribution in [0.5, 0.6) is 0 Å². The van der Waals surface area contributed by atoms with E-state index >= 15 is 0 Å². The van der Waals surface area contributed by atoms with Crippen molar-refractivity contribution in [3.8, 4) is 0 Å². The Bertz CT molecular complexity index is 702. The molecule has 3 fully saturated rings. The maximum absolute atomic E-state index is 12.8. The van der Waals surface area contributed by atoms with E-state index in [4.69, 9.17) is 0 Å². The molecule has 3 heterocycles. The van der Waals surface area contributed by atoms with Gasteiger partial charge >= 0.3 is 0 Å². The van der Waals surface area contributed by atoms with E-state index in [-0.39, 0.29) is 17.7 Å². The van der Waals surface area contributed by atoms with Crippen LogP contribution in [0.25, 0.3) is 0 Å². The fourth-order valence-corrected chi connectivity index (χ4v) is 4.55. The van der Waals surface area contributed by atoms with Gasteiger partial charge in [0.25, 0.3) is 5.91 Å². The van der Waals surface area contributed by atoms with E-state index in [2.05, 4.69) is 4.98 Å². The first-order chi connectivity index (χ1) is 11.5. The summed E-state index contributed by atoms with van der Waals surface area (Å²) in [4.78, 5) is 45.8. The quantitative estimate of drug-likeness (QED) is 0.782. The molecule has 2 saturated heterocycles. The molecule has 4 rings (SSSR count). The predicted molar refractivity (Wildman–Crippen MR) is 88.5 cm³/mol. The molecule has 2 aliphatic heterocycles. The monoisotopic (exact) mass is 347 g/mol. The Morgan fingerprint density at radius 3 is 2.62 bits per heavy atom. The molecule has 3 aliphatic rings. The zero-order valence-electron chi connectivity index (χ0n) is 13.8. The average Bonchev–Trinajstić information content (AvgIpc) is 3.25. The average molecular weight is 347 g/mol. The number of aryl methyl sites for hydroxylation is 1. The summed E-state index contributed by atoms with van der Waals surface area (Å²) in [5.74, 6) is 0.492.